The Morgan fingerprint density at radius 1 is 1.48 bits per heavy atom. The maximum atomic E-state index is 10.9. The van der Waals surface area contributed by atoms with E-state index >= 15 is 0 Å². The minimum absolute atomic E-state index is 0.0114. The van der Waals surface area contributed by atoms with E-state index in [1.165, 1.54) is 0 Å². The van der Waals surface area contributed by atoms with Crippen LogP contribution in [0.25, 0.3) is 0 Å². The summed E-state index contributed by atoms with van der Waals surface area (Å²) in [5.41, 5.74) is 7.84. The van der Waals surface area contributed by atoms with Gasteiger partial charge in [-0.05, 0) is 36.6 Å². The van der Waals surface area contributed by atoms with Crippen molar-refractivity contribution >= 4 is 11.7 Å². The summed E-state index contributed by atoms with van der Waals surface area (Å²) in [4.78, 5) is 10.9. The van der Waals surface area contributed by atoms with Crippen molar-refractivity contribution in [3.8, 4) is 5.75 Å². The number of oxime groups is 1. The van der Waals surface area contributed by atoms with Gasteiger partial charge in [0.1, 0.15) is 25.1 Å². The van der Waals surface area contributed by atoms with Crippen molar-refractivity contribution in [1.29, 1.82) is 0 Å². The van der Waals surface area contributed by atoms with E-state index in [0.29, 0.717) is 17.7 Å². The zero-order chi connectivity index (χ0) is 17.4. The van der Waals surface area contributed by atoms with Gasteiger partial charge in [0, 0.05) is 12.1 Å². The van der Waals surface area contributed by atoms with Crippen LogP contribution < -0.4 is 15.8 Å². The fraction of sp³-hybridized carbons (Fsp3) is 0.467. The molecule has 1 aromatic rings. The molecule has 0 aliphatic carbocycles. The van der Waals surface area contributed by atoms with Crippen molar-refractivity contribution in [1.82, 2.24) is 5.32 Å². The van der Waals surface area contributed by atoms with Crippen LogP contribution in [-0.4, -0.2) is 53.0 Å². The van der Waals surface area contributed by atoms with Gasteiger partial charge in [-0.1, -0.05) is 12.1 Å². The lowest BCUT2D eigenvalue weighted by Crippen LogP contribution is -2.36. The Hall–Kier alpha value is -2.32. The normalized spacial score (nSPS) is 12.8. The molecule has 0 radical (unpaired) electrons. The van der Waals surface area contributed by atoms with Gasteiger partial charge in [-0.3, -0.25) is 4.79 Å². The molecular weight excluding hydrogens is 302 g/mol. The van der Waals surface area contributed by atoms with Gasteiger partial charge in [-0.25, -0.2) is 0 Å². The number of carbonyl (C=O) groups is 1. The standard InChI is InChI=1S/C15H23N3O5/c1-3-10-5-11(15(16)18-22)4-9(2)14(10)23-8-12(20)6-17-13(21)7-19/h4-5,12,19-20,22H,3,6-8H2,1-2H3,(H2,16,18)(H,17,21)/t12-/m0/s1. The van der Waals surface area contributed by atoms with E-state index in [-0.39, 0.29) is 19.0 Å². The maximum Gasteiger partial charge on any atom is 0.245 e. The first-order valence-corrected chi connectivity index (χ1v) is 7.22. The number of nitrogens with one attached hydrogen (secondary N) is 1. The largest absolute Gasteiger partial charge is 0.490 e. The first-order chi connectivity index (χ1) is 10.9. The lowest BCUT2D eigenvalue weighted by Gasteiger charge is -2.18. The predicted molar refractivity (Wildman–Crippen MR) is 84.7 cm³/mol. The molecule has 0 unspecified atom stereocenters. The molecule has 0 saturated carbocycles. The van der Waals surface area contributed by atoms with Gasteiger partial charge in [0.15, 0.2) is 5.84 Å². The van der Waals surface area contributed by atoms with E-state index in [4.69, 9.17) is 20.8 Å². The van der Waals surface area contributed by atoms with Crippen LogP contribution in [0, 0.1) is 6.92 Å². The molecule has 1 aromatic carbocycles. The van der Waals surface area contributed by atoms with Gasteiger partial charge >= 0.3 is 0 Å². The van der Waals surface area contributed by atoms with Gasteiger partial charge in [0.05, 0.1) is 0 Å². The minimum atomic E-state index is -0.904. The number of aliphatic hydroxyl groups is 2. The number of carbonyl (C=O) groups excluding carboxylic acids is 1. The highest BCUT2D eigenvalue weighted by Gasteiger charge is 2.13. The van der Waals surface area contributed by atoms with E-state index in [2.05, 4.69) is 10.5 Å². The highest BCUT2D eigenvalue weighted by Crippen LogP contribution is 2.26. The quantitative estimate of drug-likeness (QED) is 0.189. The number of amides is 1. The maximum absolute atomic E-state index is 10.9. The highest BCUT2D eigenvalue weighted by atomic mass is 16.5. The third-order valence-corrected chi connectivity index (χ3v) is 3.23. The summed E-state index contributed by atoms with van der Waals surface area (Å²) in [7, 11) is 0. The first-order valence-electron chi connectivity index (χ1n) is 7.22. The van der Waals surface area contributed by atoms with Crippen molar-refractivity contribution in [2.45, 2.75) is 26.4 Å². The number of hydrogen-bond donors (Lipinski definition) is 5. The molecule has 1 rings (SSSR count). The Bertz CT molecular complexity index is 574. The highest BCUT2D eigenvalue weighted by molar-refractivity contribution is 5.97. The molecule has 0 heterocycles. The lowest BCUT2D eigenvalue weighted by atomic mass is 10.0. The molecule has 1 amide bonds. The summed E-state index contributed by atoms with van der Waals surface area (Å²) in [6.45, 7) is 3.12. The predicted octanol–water partition coefficient (Wildman–Crippen LogP) is -0.500. The van der Waals surface area contributed by atoms with E-state index in [9.17, 15) is 9.90 Å². The van der Waals surface area contributed by atoms with Crippen molar-refractivity contribution in [3.05, 3.63) is 28.8 Å². The minimum Gasteiger partial charge on any atom is -0.490 e. The molecule has 128 valence electrons. The molecule has 8 nitrogen and oxygen atoms in total. The number of aliphatic hydroxyl groups excluding tert-OH is 2. The van der Waals surface area contributed by atoms with E-state index in [0.717, 1.165) is 11.1 Å². The summed E-state index contributed by atoms with van der Waals surface area (Å²) in [6, 6.07) is 3.49. The lowest BCUT2D eigenvalue weighted by molar-refractivity contribution is -0.124. The Labute approximate surface area is 134 Å². The second-order valence-corrected chi connectivity index (χ2v) is 5.05. The van der Waals surface area contributed by atoms with Crippen LogP contribution in [0.2, 0.25) is 0 Å². The molecular formula is C15H23N3O5. The molecule has 0 aromatic heterocycles. The molecule has 0 bridgehead atoms. The van der Waals surface area contributed by atoms with E-state index in [1.54, 1.807) is 12.1 Å². The van der Waals surface area contributed by atoms with Crippen molar-refractivity contribution in [2.24, 2.45) is 10.9 Å². The SMILES string of the molecule is CCc1cc(/C(N)=N/O)cc(C)c1OC[C@@H](O)CNC(=O)CO. The monoisotopic (exact) mass is 325 g/mol. The van der Waals surface area contributed by atoms with Crippen molar-refractivity contribution < 1.29 is 25.0 Å². The van der Waals surface area contributed by atoms with Gasteiger partial charge in [-0.2, -0.15) is 0 Å². The number of amidine groups is 1. The third-order valence-electron chi connectivity index (χ3n) is 3.23. The Kier molecular flexibility index (Phi) is 7.30. The van der Waals surface area contributed by atoms with E-state index < -0.39 is 18.6 Å². The zero-order valence-electron chi connectivity index (χ0n) is 13.2. The summed E-state index contributed by atoms with van der Waals surface area (Å²) >= 11 is 0. The van der Waals surface area contributed by atoms with Crippen LogP contribution in [0.3, 0.4) is 0 Å². The second kappa shape index (κ2) is 8.96. The molecule has 8 heteroatoms. The molecule has 6 N–H and O–H groups in total. The van der Waals surface area contributed by atoms with Crippen LogP contribution >= 0.6 is 0 Å². The first kappa shape index (κ1) is 18.7. The van der Waals surface area contributed by atoms with Crippen LogP contribution in [0.15, 0.2) is 17.3 Å². The van der Waals surface area contributed by atoms with Gasteiger partial charge < -0.3 is 31.2 Å². The second-order valence-electron chi connectivity index (χ2n) is 5.05. The average molecular weight is 325 g/mol. The molecule has 0 saturated heterocycles. The number of aryl methyl sites for hydroxylation is 2. The molecule has 23 heavy (non-hydrogen) atoms. The number of ether oxygens (including phenoxy) is 1. The summed E-state index contributed by atoms with van der Waals surface area (Å²) < 4.78 is 5.65. The summed E-state index contributed by atoms with van der Waals surface area (Å²) in [5.74, 6) is 0.0771. The van der Waals surface area contributed by atoms with Crippen LogP contribution in [0.4, 0.5) is 0 Å². The van der Waals surface area contributed by atoms with Gasteiger partial charge in [0.25, 0.3) is 0 Å². The van der Waals surface area contributed by atoms with E-state index in [1.807, 2.05) is 13.8 Å². The third kappa shape index (κ3) is 5.42. The van der Waals surface area contributed by atoms with Crippen molar-refractivity contribution in [2.75, 3.05) is 19.8 Å². The van der Waals surface area contributed by atoms with Crippen LogP contribution in [-0.2, 0) is 11.2 Å². The Balaban J connectivity index is 2.78. The summed E-state index contributed by atoms with van der Waals surface area (Å²) in [6.07, 6.45) is -0.238. The smallest absolute Gasteiger partial charge is 0.245 e. The molecule has 0 aliphatic rings. The van der Waals surface area contributed by atoms with Gasteiger partial charge in [-0.15, -0.1) is 0 Å². The molecule has 1 atom stereocenters. The molecule has 0 fully saturated rings. The number of hydrogen-bond acceptors (Lipinski definition) is 6. The number of rotatable bonds is 8. The fourth-order valence-corrected chi connectivity index (χ4v) is 2.05. The van der Waals surface area contributed by atoms with Crippen LogP contribution in [0.5, 0.6) is 5.75 Å². The average Bonchev–Trinajstić information content (AvgIpc) is 2.56. The van der Waals surface area contributed by atoms with Crippen molar-refractivity contribution in [3.63, 3.8) is 0 Å². The number of benzene rings is 1. The molecule has 0 aliphatic heterocycles. The zero-order valence-corrected chi connectivity index (χ0v) is 13.2. The van der Waals surface area contributed by atoms with Crippen LogP contribution in [0.1, 0.15) is 23.6 Å². The Morgan fingerprint density at radius 2 is 2.17 bits per heavy atom. The number of nitrogens with zero attached hydrogens (tertiary/aromatic N) is 1. The summed E-state index contributed by atoms with van der Waals surface area (Å²) in [5, 5.41) is 32.5. The fourth-order valence-electron chi connectivity index (χ4n) is 2.05. The van der Waals surface area contributed by atoms with Gasteiger partial charge in [0.2, 0.25) is 5.91 Å². The molecule has 0 spiro atoms. The number of nitrogens with two attached hydrogens (primary N) is 1. The Morgan fingerprint density at radius 3 is 2.74 bits per heavy atom. The topological polar surface area (TPSA) is 137 Å².